The summed E-state index contributed by atoms with van der Waals surface area (Å²) in [6.45, 7) is 1.90. The topological polar surface area (TPSA) is 70.2 Å². The first-order valence-electron chi connectivity index (χ1n) is 9.23. The maximum absolute atomic E-state index is 12.3. The maximum atomic E-state index is 12.3. The predicted molar refractivity (Wildman–Crippen MR) is 125 cm³/mol. The van der Waals surface area contributed by atoms with Crippen molar-refractivity contribution in [2.75, 3.05) is 10.6 Å². The van der Waals surface area contributed by atoms with E-state index in [1.165, 1.54) is 0 Å². The lowest BCUT2D eigenvalue weighted by atomic mass is 10.1. The molecule has 3 aromatic carbocycles. The molecule has 0 aliphatic rings. The van der Waals surface area contributed by atoms with E-state index in [1.807, 2.05) is 43.3 Å². The van der Waals surface area contributed by atoms with Crippen LogP contribution in [0.25, 0.3) is 0 Å². The van der Waals surface area contributed by atoms with E-state index < -0.39 is 0 Å². The Morgan fingerprint density at radius 1 is 0.900 bits per heavy atom. The van der Waals surface area contributed by atoms with E-state index >= 15 is 0 Å². The first-order chi connectivity index (χ1) is 14.4. The second-order valence-corrected chi connectivity index (χ2v) is 7.49. The molecule has 0 aliphatic carbocycles. The van der Waals surface area contributed by atoms with Crippen LogP contribution >= 0.6 is 23.8 Å². The standard InChI is InChI=1S/C23H20ClN3O2S/c1-15-7-12-19(20(24)13-15)22(29)27-23(30)26-18-10-8-17(9-11-18)25-21(28)14-16-5-3-2-4-6-16/h2-13H,14H2,1H3,(H,25,28)(H2,26,27,29,30). The average molecular weight is 438 g/mol. The van der Waals surface area contributed by atoms with E-state index in [-0.39, 0.29) is 16.9 Å². The van der Waals surface area contributed by atoms with Crippen molar-refractivity contribution in [3.05, 3.63) is 94.5 Å². The predicted octanol–water partition coefficient (Wildman–Crippen LogP) is 4.96. The minimum absolute atomic E-state index is 0.0975. The summed E-state index contributed by atoms with van der Waals surface area (Å²) in [6.07, 6.45) is 0.304. The number of halogens is 1. The molecule has 0 bridgehead atoms. The van der Waals surface area contributed by atoms with E-state index in [4.69, 9.17) is 23.8 Å². The molecular formula is C23H20ClN3O2S. The molecule has 0 unspecified atom stereocenters. The quantitative estimate of drug-likeness (QED) is 0.493. The van der Waals surface area contributed by atoms with Crippen LogP contribution in [-0.4, -0.2) is 16.9 Å². The van der Waals surface area contributed by atoms with E-state index in [1.54, 1.807) is 36.4 Å². The summed E-state index contributed by atoms with van der Waals surface area (Å²) in [4.78, 5) is 24.5. The lowest BCUT2D eigenvalue weighted by Crippen LogP contribution is -2.34. The Bertz CT molecular complexity index is 1070. The van der Waals surface area contributed by atoms with Gasteiger partial charge >= 0.3 is 0 Å². The highest BCUT2D eigenvalue weighted by molar-refractivity contribution is 7.80. The maximum Gasteiger partial charge on any atom is 0.258 e. The molecular weight excluding hydrogens is 418 g/mol. The molecule has 7 heteroatoms. The molecule has 5 nitrogen and oxygen atoms in total. The lowest BCUT2D eigenvalue weighted by Gasteiger charge is -2.11. The summed E-state index contributed by atoms with van der Waals surface area (Å²) < 4.78 is 0. The van der Waals surface area contributed by atoms with Gasteiger partial charge in [-0.2, -0.15) is 0 Å². The number of rotatable bonds is 5. The van der Waals surface area contributed by atoms with E-state index in [2.05, 4.69) is 16.0 Å². The van der Waals surface area contributed by atoms with Crippen LogP contribution in [0.3, 0.4) is 0 Å². The molecule has 0 heterocycles. The molecule has 152 valence electrons. The number of nitrogens with one attached hydrogen (secondary N) is 3. The van der Waals surface area contributed by atoms with Crippen LogP contribution in [0.2, 0.25) is 5.02 Å². The largest absolute Gasteiger partial charge is 0.332 e. The minimum atomic E-state index is -0.387. The lowest BCUT2D eigenvalue weighted by molar-refractivity contribution is -0.115. The fourth-order valence-electron chi connectivity index (χ4n) is 2.76. The number of benzene rings is 3. The number of amides is 2. The number of carbonyl (C=O) groups is 2. The zero-order valence-electron chi connectivity index (χ0n) is 16.2. The molecule has 3 rings (SSSR count). The van der Waals surface area contributed by atoms with Crippen LogP contribution in [0.15, 0.2) is 72.8 Å². The highest BCUT2D eigenvalue weighted by atomic mass is 35.5. The van der Waals surface area contributed by atoms with Gasteiger partial charge in [-0.1, -0.05) is 48.0 Å². The van der Waals surface area contributed by atoms with Gasteiger partial charge < -0.3 is 10.6 Å². The summed E-state index contributed by atoms with van der Waals surface area (Å²) in [6, 6.07) is 21.7. The van der Waals surface area contributed by atoms with Crippen LogP contribution in [0.1, 0.15) is 21.5 Å². The van der Waals surface area contributed by atoms with Crippen LogP contribution in [0.5, 0.6) is 0 Å². The van der Waals surface area contributed by atoms with E-state index in [0.717, 1.165) is 11.1 Å². The van der Waals surface area contributed by atoms with E-state index in [0.29, 0.717) is 28.4 Å². The van der Waals surface area contributed by atoms with Gasteiger partial charge in [0.15, 0.2) is 5.11 Å². The molecule has 0 radical (unpaired) electrons. The first kappa shape index (κ1) is 21.5. The van der Waals surface area contributed by atoms with Crippen LogP contribution in [-0.2, 0) is 11.2 Å². The van der Waals surface area contributed by atoms with Crippen LogP contribution in [0.4, 0.5) is 11.4 Å². The van der Waals surface area contributed by atoms with Gasteiger partial charge in [0, 0.05) is 11.4 Å². The monoisotopic (exact) mass is 437 g/mol. The zero-order valence-corrected chi connectivity index (χ0v) is 17.8. The molecule has 0 aliphatic heterocycles. The van der Waals surface area contributed by atoms with Gasteiger partial charge in [0.2, 0.25) is 5.91 Å². The van der Waals surface area contributed by atoms with Crippen molar-refractivity contribution in [1.29, 1.82) is 0 Å². The minimum Gasteiger partial charge on any atom is -0.332 e. The average Bonchev–Trinajstić information content (AvgIpc) is 2.70. The Balaban J connectivity index is 1.52. The summed E-state index contributed by atoms with van der Waals surface area (Å²) in [5.74, 6) is -0.484. The number of aryl methyl sites for hydroxylation is 1. The van der Waals surface area contributed by atoms with Crippen molar-refractivity contribution in [3.63, 3.8) is 0 Å². The first-order valence-corrected chi connectivity index (χ1v) is 10.0. The van der Waals surface area contributed by atoms with Crippen molar-refractivity contribution in [2.24, 2.45) is 0 Å². The molecule has 0 fully saturated rings. The van der Waals surface area contributed by atoms with Crippen molar-refractivity contribution in [2.45, 2.75) is 13.3 Å². The Kier molecular flexibility index (Phi) is 7.17. The fraction of sp³-hybridized carbons (Fsp3) is 0.0870. The number of hydrogen-bond acceptors (Lipinski definition) is 3. The Morgan fingerprint density at radius 2 is 1.53 bits per heavy atom. The number of thiocarbonyl (C=S) groups is 1. The van der Waals surface area contributed by atoms with Gasteiger partial charge in [0.1, 0.15) is 0 Å². The van der Waals surface area contributed by atoms with Crippen molar-refractivity contribution >= 4 is 52.1 Å². The SMILES string of the molecule is Cc1ccc(C(=O)NC(=S)Nc2ccc(NC(=O)Cc3ccccc3)cc2)c(Cl)c1. The second-order valence-electron chi connectivity index (χ2n) is 6.68. The smallest absolute Gasteiger partial charge is 0.258 e. The Labute approximate surface area is 185 Å². The summed E-state index contributed by atoms with van der Waals surface area (Å²) in [5, 5.41) is 8.91. The molecule has 0 atom stereocenters. The molecule has 3 N–H and O–H groups in total. The molecule has 30 heavy (non-hydrogen) atoms. The van der Waals surface area contributed by atoms with Gasteiger partial charge in [0.05, 0.1) is 17.0 Å². The molecule has 0 spiro atoms. The van der Waals surface area contributed by atoms with Crippen molar-refractivity contribution in [3.8, 4) is 0 Å². The highest BCUT2D eigenvalue weighted by Gasteiger charge is 2.12. The molecule has 0 aromatic heterocycles. The highest BCUT2D eigenvalue weighted by Crippen LogP contribution is 2.18. The summed E-state index contributed by atoms with van der Waals surface area (Å²) in [7, 11) is 0. The normalized spacial score (nSPS) is 10.2. The number of hydrogen-bond donors (Lipinski definition) is 3. The third kappa shape index (κ3) is 6.14. The Morgan fingerprint density at radius 3 is 2.17 bits per heavy atom. The van der Waals surface area contributed by atoms with Gasteiger partial charge in [-0.15, -0.1) is 0 Å². The fourth-order valence-corrected chi connectivity index (χ4v) is 3.29. The summed E-state index contributed by atoms with van der Waals surface area (Å²) in [5.41, 5.74) is 3.61. The van der Waals surface area contributed by atoms with Gasteiger partial charge in [-0.05, 0) is 66.7 Å². The third-order valence-corrected chi connectivity index (χ3v) is 4.75. The van der Waals surface area contributed by atoms with Crippen molar-refractivity contribution in [1.82, 2.24) is 5.32 Å². The number of anilines is 2. The molecule has 3 aromatic rings. The Hall–Kier alpha value is -3.22. The molecule has 0 saturated heterocycles. The van der Waals surface area contributed by atoms with Gasteiger partial charge in [0.25, 0.3) is 5.91 Å². The zero-order chi connectivity index (χ0) is 21.5. The van der Waals surface area contributed by atoms with Crippen molar-refractivity contribution < 1.29 is 9.59 Å². The van der Waals surface area contributed by atoms with Gasteiger partial charge in [-0.25, -0.2) is 0 Å². The van der Waals surface area contributed by atoms with E-state index in [9.17, 15) is 9.59 Å². The second kappa shape index (κ2) is 10.0. The van der Waals surface area contributed by atoms with Gasteiger partial charge in [-0.3, -0.25) is 14.9 Å². The summed E-state index contributed by atoms with van der Waals surface area (Å²) >= 11 is 11.3. The van der Waals surface area contributed by atoms with Crippen LogP contribution < -0.4 is 16.0 Å². The molecule has 0 saturated carbocycles. The third-order valence-electron chi connectivity index (χ3n) is 4.23. The van der Waals surface area contributed by atoms with Crippen LogP contribution in [0, 0.1) is 6.92 Å². The number of carbonyl (C=O) groups excluding carboxylic acids is 2. The molecule has 2 amide bonds.